The zero-order valence-corrected chi connectivity index (χ0v) is 19.3. The van der Waals surface area contributed by atoms with E-state index in [1.807, 2.05) is 0 Å². The Morgan fingerprint density at radius 1 is 0.972 bits per heavy atom. The van der Waals surface area contributed by atoms with E-state index >= 15 is 0 Å². The highest BCUT2D eigenvalue weighted by Crippen LogP contribution is 2.20. The van der Waals surface area contributed by atoms with Gasteiger partial charge < -0.3 is 20.9 Å². The molecule has 0 bridgehead atoms. The number of fused-ring (bicyclic) bond motifs is 1. The Bertz CT molecular complexity index is 1430. The van der Waals surface area contributed by atoms with Crippen molar-refractivity contribution in [3.05, 3.63) is 77.6 Å². The minimum absolute atomic E-state index is 0.131. The number of aromatic amines is 1. The monoisotopic (exact) mass is 484 g/mol. The summed E-state index contributed by atoms with van der Waals surface area (Å²) >= 11 is 0. The SMILES string of the molecule is NC(=O)c1cccc2[nH]c(NC(=O)c3cccc(C(=O)N4CCC(Nc5ncccn5)CC4)c3)nc12. The van der Waals surface area contributed by atoms with Gasteiger partial charge in [0, 0.05) is 42.7 Å². The fraction of sp³-hybridized carbons (Fsp3) is 0.200. The molecule has 0 saturated carbocycles. The maximum atomic E-state index is 13.1. The predicted molar refractivity (Wildman–Crippen MR) is 134 cm³/mol. The van der Waals surface area contributed by atoms with Crippen molar-refractivity contribution in [1.82, 2.24) is 24.8 Å². The van der Waals surface area contributed by atoms with Gasteiger partial charge in [-0.3, -0.25) is 19.7 Å². The van der Waals surface area contributed by atoms with Gasteiger partial charge in [0.1, 0.15) is 5.52 Å². The van der Waals surface area contributed by atoms with Crippen molar-refractivity contribution in [3.8, 4) is 0 Å². The number of nitrogens with one attached hydrogen (secondary N) is 3. The number of hydrogen-bond donors (Lipinski definition) is 4. The van der Waals surface area contributed by atoms with Gasteiger partial charge in [0.2, 0.25) is 11.9 Å². The number of aromatic nitrogens is 4. The van der Waals surface area contributed by atoms with Crippen molar-refractivity contribution in [2.24, 2.45) is 5.73 Å². The average molecular weight is 485 g/mol. The van der Waals surface area contributed by atoms with Gasteiger partial charge in [-0.25, -0.2) is 15.0 Å². The highest BCUT2D eigenvalue weighted by Gasteiger charge is 2.24. The first kappa shape index (κ1) is 23.0. The summed E-state index contributed by atoms with van der Waals surface area (Å²) in [6, 6.07) is 13.5. The van der Waals surface area contributed by atoms with Crippen molar-refractivity contribution in [1.29, 1.82) is 0 Å². The van der Waals surface area contributed by atoms with Gasteiger partial charge in [0.15, 0.2) is 0 Å². The van der Waals surface area contributed by atoms with Gasteiger partial charge in [-0.1, -0.05) is 12.1 Å². The number of H-pyrrole nitrogens is 1. The summed E-state index contributed by atoms with van der Waals surface area (Å²) < 4.78 is 0. The molecule has 0 radical (unpaired) electrons. The van der Waals surface area contributed by atoms with Gasteiger partial charge in [-0.05, 0) is 49.2 Å². The number of hydrogen-bond acceptors (Lipinski definition) is 7. The molecule has 2 aromatic heterocycles. The van der Waals surface area contributed by atoms with E-state index < -0.39 is 11.8 Å². The number of benzene rings is 2. The lowest BCUT2D eigenvalue weighted by atomic mass is 10.0. The Kier molecular flexibility index (Phi) is 6.27. The van der Waals surface area contributed by atoms with E-state index in [0.717, 1.165) is 12.8 Å². The maximum absolute atomic E-state index is 13.1. The molecule has 0 unspecified atom stereocenters. The standard InChI is InChI=1S/C25H24N8O3/c26-21(34)18-6-2-7-19-20(18)31-25(30-19)32-22(35)15-4-1-5-16(14-15)23(36)33-12-8-17(9-13-33)29-24-27-10-3-11-28-24/h1-7,10-11,14,17H,8-9,12-13H2,(H2,26,34)(H,27,28,29)(H2,30,31,32,35). The number of primary amides is 1. The van der Waals surface area contributed by atoms with Crippen LogP contribution in [0.4, 0.5) is 11.9 Å². The van der Waals surface area contributed by atoms with Crippen molar-refractivity contribution >= 4 is 40.7 Å². The second-order valence-corrected chi connectivity index (χ2v) is 8.47. The molecule has 1 fully saturated rings. The second-order valence-electron chi connectivity index (χ2n) is 8.47. The van der Waals surface area contributed by atoms with E-state index in [1.165, 1.54) is 0 Å². The summed E-state index contributed by atoms with van der Waals surface area (Å²) in [4.78, 5) is 55.0. The number of amides is 3. The van der Waals surface area contributed by atoms with Gasteiger partial charge in [-0.15, -0.1) is 0 Å². The fourth-order valence-electron chi connectivity index (χ4n) is 4.23. The molecule has 182 valence electrons. The van der Waals surface area contributed by atoms with E-state index in [9.17, 15) is 14.4 Å². The Hall–Kier alpha value is -4.80. The number of likely N-dealkylation sites (tertiary alicyclic amines) is 1. The van der Waals surface area contributed by atoms with Gasteiger partial charge in [-0.2, -0.15) is 0 Å². The molecule has 2 aromatic carbocycles. The third kappa shape index (κ3) is 4.85. The number of nitrogens with zero attached hydrogens (tertiary/aromatic N) is 4. The Labute approximate surface area is 206 Å². The van der Waals surface area contributed by atoms with Crippen LogP contribution in [0, 0.1) is 0 Å². The van der Waals surface area contributed by atoms with Crippen LogP contribution in [0.5, 0.6) is 0 Å². The lowest BCUT2D eigenvalue weighted by molar-refractivity contribution is 0.0718. The molecule has 5 rings (SSSR count). The van der Waals surface area contributed by atoms with Crippen LogP contribution in [-0.4, -0.2) is 61.7 Å². The van der Waals surface area contributed by atoms with Crippen LogP contribution in [0.15, 0.2) is 60.9 Å². The molecule has 4 aromatic rings. The van der Waals surface area contributed by atoms with Crippen LogP contribution in [-0.2, 0) is 0 Å². The first-order chi connectivity index (χ1) is 17.5. The van der Waals surface area contributed by atoms with Crippen molar-refractivity contribution in [2.75, 3.05) is 23.7 Å². The van der Waals surface area contributed by atoms with Crippen LogP contribution >= 0.6 is 0 Å². The second kappa shape index (κ2) is 9.82. The molecule has 1 saturated heterocycles. The van der Waals surface area contributed by atoms with E-state index in [2.05, 4.69) is 30.6 Å². The Morgan fingerprint density at radius 2 is 1.69 bits per heavy atom. The van der Waals surface area contributed by atoms with Gasteiger partial charge >= 0.3 is 0 Å². The molecule has 3 amide bonds. The first-order valence-corrected chi connectivity index (χ1v) is 11.5. The summed E-state index contributed by atoms with van der Waals surface area (Å²) in [5.74, 6) is -0.415. The van der Waals surface area contributed by atoms with E-state index in [0.29, 0.717) is 41.2 Å². The topological polar surface area (TPSA) is 159 Å². The largest absolute Gasteiger partial charge is 0.366 e. The number of para-hydroxylation sites is 1. The van der Waals surface area contributed by atoms with Crippen LogP contribution in [0.1, 0.15) is 43.9 Å². The lowest BCUT2D eigenvalue weighted by Gasteiger charge is -2.32. The molecule has 1 aliphatic rings. The first-order valence-electron chi connectivity index (χ1n) is 11.5. The third-order valence-corrected chi connectivity index (χ3v) is 6.06. The molecular weight excluding hydrogens is 460 g/mol. The van der Waals surface area contributed by atoms with E-state index in [-0.39, 0.29) is 23.5 Å². The summed E-state index contributed by atoms with van der Waals surface area (Å²) in [7, 11) is 0. The molecule has 0 atom stereocenters. The summed E-state index contributed by atoms with van der Waals surface area (Å²) in [6.45, 7) is 1.17. The number of piperidine rings is 1. The lowest BCUT2D eigenvalue weighted by Crippen LogP contribution is -2.42. The number of nitrogens with two attached hydrogens (primary N) is 1. The molecule has 1 aliphatic heterocycles. The fourth-order valence-corrected chi connectivity index (χ4v) is 4.23. The summed E-state index contributed by atoms with van der Waals surface area (Å²) in [5.41, 5.74) is 7.35. The predicted octanol–water partition coefficient (Wildman–Crippen LogP) is 2.42. The number of carbonyl (C=O) groups is 3. The zero-order chi connectivity index (χ0) is 25.1. The molecule has 11 heteroatoms. The minimum atomic E-state index is -0.607. The minimum Gasteiger partial charge on any atom is -0.366 e. The van der Waals surface area contributed by atoms with E-state index in [1.54, 1.807) is 65.8 Å². The Morgan fingerprint density at radius 3 is 2.44 bits per heavy atom. The smallest absolute Gasteiger partial charge is 0.257 e. The number of imidazole rings is 1. The van der Waals surface area contributed by atoms with Gasteiger partial charge in [0.05, 0.1) is 11.1 Å². The van der Waals surface area contributed by atoms with Crippen molar-refractivity contribution in [2.45, 2.75) is 18.9 Å². The molecule has 11 nitrogen and oxygen atoms in total. The maximum Gasteiger partial charge on any atom is 0.257 e. The van der Waals surface area contributed by atoms with Crippen molar-refractivity contribution in [3.63, 3.8) is 0 Å². The average Bonchev–Trinajstić information content (AvgIpc) is 3.31. The molecular formula is C25H24N8O3. The van der Waals surface area contributed by atoms with E-state index in [4.69, 9.17) is 5.73 Å². The highest BCUT2D eigenvalue weighted by molar-refractivity contribution is 6.07. The van der Waals surface area contributed by atoms with Crippen LogP contribution in [0.25, 0.3) is 11.0 Å². The third-order valence-electron chi connectivity index (χ3n) is 6.06. The Balaban J connectivity index is 1.23. The molecule has 0 spiro atoms. The number of anilines is 2. The quantitative estimate of drug-likeness (QED) is 0.327. The summed E-state index contributed by atoms with van der Waals surface area (Å²) in [6.07, 6.45) is 4.90. The van der Waals surface area contributed by atoms with Gasteiger partial charge in [0.25, 0.3) is 17.7 Å². The zero-order valence-electron chi connectivity index (χ0n) is 19.3. The number of carbonyl (C=O) groups excluding carboxylic acids is 3. The molecule has 0 aliphatic carbocycles. The molecule has 3 heterocycles. The van der Waals surface area contributed by atoms with Crippen molar-refractivity contribution < 1.29 is 14.4 Å². The number of rotatable bonds is 6. The molecule has 5 N–H and O–H groups in total. The van der Waals surface area contributed by atoms with Crippen LogP contribution in [0.3, 0.4) is 0 Å². The molecule has 36 heavy (non-hydrogen) atoms. The summed E-state index contributed by atoms with van der Waals surface area (Å²) in [5, 5.41) is 5.98. The normalized spacial score (nSPS) is 13.9. The van der Waals surface area contributed by atoms with Crippen LogP contribution in [0.2, 0.25) is 0 Å². The highest BCUT2D eigenvalue weighted by atomic mass is 16.2. The van der Waals surface area contributed by atoms with Crippen LogP contribution < -0.4 is 16.4 Å².